The largest absolute Gasteiger partial charge is 0.355 e. The van der Waals surface area contributed by atoms with Crippen molar-refractivity contribution >= 4 is 23.5 Å². The third kappa shape index (κ3) is 5.98. The fourth-order valence-corrected chi connectivity index (χ4v) is 1.78. The van der Waals surface area contributed by atoms with E-state index in [1.807, 2.05) is 13.8 Å². The fourth-order valence-electron chi connectivity index (χ4n) is 1.78. The highest BCUT2D eigenvalue weighted by Crippen LogP contribution is 2.10. The normalized spacial score (nSPS) is 12.7. The summed E-state index contributed by atoms with van der Waals surface area (Å²) in [6.45, 7) is 5.47. The van der Waals surface area contributed by atoms with Crippen LogP contribution in [0.25, 0.3) is 0 Å². The molecule has 1 aromatic rings. The molecule has 0 radical (unpaired) electrons. The van der Waals surface area contributed by atoms with E-state index in [1.165, 1.54) is 7.05 Å². The maximum absolute atomic E-state index is 11.9. The maximum atomic E-state index is 11.9. The predicted molar refractivity (Wildman–Crippen MR) is 89.3 cm³/mol. The van der Waals surface area contributed by atoms with E-state index in [9.17, 15) is 14.4 Å². The number of benzene rings is 1. The minimum Gasteiger partial charge on any atom is -0.355 e. The molecule has 7 heteroatoms. The Kier molecular flexibility index (Phi) is 7.05. The third-order valence-corrected chi connectivity index (χ3v) is 3.35. The number of carbonyl (C=O) groups excluding carboxylic acids is 3. The smallest absolute Gasteiger partial charge is 0.319 e. The topological polar surface area (TPSA) is 99.3 Å². The summed E-state index contributed by atoms with van der Waals surface area (Å²) in [7, 11) is 1.53. The zero-order chi connectivity index (χ0) is 17.4. The Morgan fingerprint density at radius 3 is 2.43 bits per heavy atom. The van der Waals surface area contributed by atoms with Gasteiger partial charge >= 0.3 is 6.03 Å². The van der Waals surface area contributed by atoms with Crippen molar-refractivity contribution in [2.24, 2.45) is 0 Å². The number of amides is 4. The lowest BCUT2D eigenvalue weighted by molar-refractivity contribution is -0.123. The molecule has 0 aliphatic heterocycles. The van der Waals surface area contributed by atoms with Gasteiger partial charge in [0, 0.05) is 24.3 Å². The van der Waals surface area contributed by atoms with Gasteiger partial charge in [-0.2, -0.15) is 0 Å². The van der Waals surface area contributed by atoms with Crippen molar-refractivity contribution in [1.82, 2.24) is 16.0 Å². The molecule has 0 aliphatic carbocycles. The number of hydrogen-bond acceptors (Lipinski definition) is 3. The summed E-state index contributed by atoms with van der Waals surface area (Å²) in [6.07, 6.45) is 0.816. The number of hydrogen-bond donors (Lipinski definition) is 4. The second-order valence-corrected chi connectivity index (χ2v) is 5.30. The molecule has 0 unspecified atom stereocenters. The SMILES string of the molecule is CC[C@H](C)NC(=O)[C@H](C)NC(=O)Nc1cccc(C(=O)NC)c1. The minimum atomic E-state index is -0.661. The van der Waals surface area contributed by atoms with Crippen LogP contribution in [0.5, 0.6) is 0 Å². The van der Waals surface area contributed by atoms with Crippen molar-refractivity contribution in [2.75, 3.05) is 12.4 Å². The van der Waals surface area contributed by atoms with Gasteiger partial charge in [-0.25, -0.2) is 4.79 Å². The second kappa shape index (κ2) is 8.77. The van der Waals surface area contributed by atoms with E-state index < -0.39 is 12.1 Å². The summed E-state index contributed by atoms with van der Waals surface area (Å²) in [5, 5.41) is 10.5. The van der Waals surface area contributed by atoms with Crippen LogP contribution in [-0.2, 0) is 4.79 Å². The zero-order valence-corrected chi connectivity index (χ0v) is 13.9. The minimum absolute atomic E-state index is 0.0547. The van der Waals surface area contributed by atoms with Crippen molar-refractivity contribution < 1.29 is 14.4 Å². The van der Waals surface area contributed by atoms with Gasteiger partial charge in [-0.3, -0.25) is 9.59 Å². The molecular formula is C16H24N4O3. The molecule has 0 saturated heterocycles. The molecule has 0 aliphatic rings. The molecule has 0 fully saturated rings. The predicted octanol–water partition coefficient (Wildman–Crippen LogP) is 1.47. The van der Waals surface area contributed by atoms with Crippen LogP contribution in [0.3, 0.4) is 0 Å². The highest BCUT2D eigenvalue weighted by Gasteiger charge is 2.17. The molecular weight excluding hydrogens is 296 g/mol. The third-order valence-electron chi connectivity index (χ3n) is 3.35. The van der Waals surface area contributed by atoms with Gasteiger partial charge in [-0.05, 0) is 38.5 Å². The summed E-state index contributed by atoms with van der Waals surface area (Å²) >= 11 is 0. The van der Waals surface area contributed by atoms with Gasteiger partial charge < -0.3 is 21.3 Å². The fraction of sp³-hybridized carbons (Fsp3) is 0.438. The van der Waals surface area contributed by atoms with Crippen LogP contribution in [0, 0.1) is 0 Å². The van der Waals surface area contributed by atoms with E-state index in [0.29, 0.717) is 11.3 Å². The van der Waals surface area contributed by atoms with E-state index in [0.717, 1.165) is 6.42 Å². The van der Waals surface area contributed by atoms with Crippen LogP contribution in [0.2, 0.25) is 0 Å². The van der Waals surface area contributed by atoms with Crippen LogP contribution < -0.4 is 21.3 Å². The second-order valence-electron chi connectivity index (χ2n) is 5.30. The lowest BCUT2D eigenvalue weighted by Gasteiger charge is -2.17. The Morgan fingerprint density at radius 2 is 1.83 bits per heavy atom. The molecule has 126 valence electrons. The van der Waals surface area contributed by atoms with Gasteiger partial charge in [-0.15, -0.1) is 0 Å². The summed E-state index contributed by atoms with van der Waals surface area (Å²) in [6, 6.07) is 5.41. The number of rotatable bonds is 6. The molecule has 7 nitrogen and oxygen atoms in total. The first-order valence-electron chi connectivity index (χ1n) is 7.57. The van der Waals surface area contributed by atoms with Crippen LogP contribution in [-0.4, -0.2) is 37.0 Å². The maximum Gasteiger partial charge on any atom is 0.319 e. The molecule has 0 spiro atoms. The lowest BCUT2D eigenvalue weighted by atomic mass is 10.2. The van der Waals surface area contributed by atoms with Gasteiger partial charge in [0.2, 0.25) is 5.91 Å². The summed E-state index contributed by atoms with van der Waals surface area (Å²) in [4.78, 5) is 35.4. The van der Waals surface area contributed by atoms with Crippen molar-refractivity contribution in [3.63, 3.8) is 0 Å². The van der Waals surface area contributed by atoms with Crippen LogP contribution >= 0.6 is 0 Å². The van der Waals surface area contributed by atoms with Gasteiger partial charge in [0.15, 0.2) is 0 Å². The van der Waals surface area contributed by atoms with E-state index >= 15 is 0 Å². The standard InChI is InChI=1S/C16H24N4O3/c1-5-10(2)18-14(21)11(3)19-16(23)20-13-8-6-7-12(9-13)15(22)17-4/h6-11H,5H2,1-4H3,(H,17,22)(H,18,21)(H2,19,20,23)/t10-,11-/m0/s1. The van der Waals surface area contributed by atoms with E-state index in [2.05, 4.69) is 21.3 Å². The summed E-state index contributed by atoms with van der Waals surface area (Å²) in [5.41, 5.74) is 0.908. The molecule has 23 heavy (non-hydrogen) atoms. The zero-order valence-electron chi connectivity index (χ0n) is 13.9. The van der Waals surface area contributed by atoms with Gasteiger partial charge in [0.1, 0.15) is 6.04 Å². The van der Waals surface area contributed by atoms with Crippen LogP contribution in [0.1, 0.15) is 37.6 Å². The van der Waals surface area contributed by atoms with Crippen molar-refractivity contribution in [3.05, 3.63) is 29.8 Å². The molecule has 4 amide bonds. The van der Waals surface area contributed by atoms with E-state index in [4.69, 9.17) is 0 Å². The number of anilines is 1. The van der Waals surface area contributed by atoms with Crippen LogP contribution in [0.4, 0.5) is 10.5 Å². The van der Waals surface area contributed by atoms with Gasteiger partial charge in [0.25, 0.3) is 5.91 Å². The Morgan fingerprint density at radius 1 is 1.13 bits per heavy atom. The molecule has 1 rings (SSSR count). The number of nitrogens with one attached hydrogen (secondary N) is 4. The molecule has 1 aromatic carbocycles. The Hall–Kier alpha value is -2.57. The summed E-state index contributed by atoms with van der Waals surface area (Å²) < 4.78 is 0. The van der Waals surface area contributed by atoms with Gasteiger partial charge in [-0.1, -0.05) is 13.0 Å². The first-order chi connectivity index (χ1) is 10.9. The molecule has 0 heterocycles. The Balaban J connectivity index is 2.59. The Bertz CT molecular complexity index is 574. The highest BCUT2D eigenvalue weighted by molar-refractivity contribution is 5.97. The van der Waals surface area contributed by atoms with Crippen molar-refractivity contribution in [3.8, 4) is 0 Å². The van der Waals surface area contributed by atoms with Gasteiger partial charge in [0.05, 0.1) is 0 Å². The quantitative estimate of drug-likeness (QED) is 0.638. The van der Waals surface area contributed by atoms with Crippen LogP contribution in [0.15, 0.2) is 24.3 Å². The van der Waals surface area contributed by atoms with E-state index in [-0.39, 0.29) is 17.9 Å². The highest BCUT2D eigenvalue weighted by atomic mass is 16.2. The Labute approximate surface area is 136 Å². The van der Waals surface area contributed by atoms with E-state index in [1.54, 1.807) is 31.2 Å². The first kappa shape index (κ1) is 18.5. The first-order valence-corrected chi connectivity index (χ1v) is 7.57. The average molecular weight is 320 g/mol. The number of carbonyl (C=O) groups is 3. The molecule has 0 saturated carbocycles. The number of urea groups is 1. The van der Waals surface area contributed by atoms with Crippen molar-refractivity contribution in [1.29, 1.82) is 0 Å². The molecule has 2 atom stereocenters. The monoisotopic (exact) mass is 320 g/mol. The lowest BCUT2D eigenvalue weighted by Crippen LogP contribution is -2.48. The molecule has 4 N–H and O–H groups in total. The average Bonchev–Trinajstić information content (AvgIpc) is 2.53. The summed E-state index contributed by atoms with van der Waals surface area (Å²) in [5.74, 6) is -0.482. The van der Waals surface area contributed by atoms with Crippen molar-refractivity contribution in [2.45, 2.75) is 39.3 Å². The molecule has 0 aromatic heterocycles. The molecule has 0 bridgehead atoms.